The fraction of sp³-hybridized carbons (Fsp3) is 0.389. The van der Waals surface area contributed by atoms with E-state index in [2.05, 4.69) is 72.0 Å². The van der Waals surface area contributed by atoms with Crippen LogP contribution in [0.4, 0.5) is 0 Å². The molecule has 4 aromatic carbocycles. The van der Waals surface area contributed by atoms with E-state index in [0.717, 1.165) is 43.7 Å². The number of hydrogen-bond donors (Lipinski definition) is 2. The first kappa shape index (κ1) is 30.2. The molecule has 0 aliphatic carbocycles. The molecule has 2 N–H and O–H groups in total. The van der Waals surface area contributed by atoms with Crippen LogP contribution >= 0.6 is 0 Å². The summed E-state index contributed by atoms with van der Waals surface area (Å²) in [5.74, 6) is 0.936. The molecule has 1 fully saturated rings. The van der Waals surface area contributed by atoms with Crippen LogP contribution in [0.5, 0.6) is 5.75 Å². The number of fused-ring (bicyclic) bond motifs is 1. The maximum atomic E-state index is 9.19. The molecule has 3 atom stereocenters. The van der Waals surface area contributed by atoms with Gasteiger partial charge in [-0.2, -0.15) is 0 Å². The Hall–Kier alpha value is -3.26. The molecule has 0 aromatic heterocycles. The molecule has 5 rings (SSSR count). The number of unbranched alkanes of at least 4 members (excludes halogenated alkanes) is 1. The highest BCUT2D eigenvalue weighted by molar-refractivity contribution is 5.82. The number of benzene rings is 4. The van der Waals surface area contributed by atoms with Crippen LogP contribution in [0.2, 0.25) is 0 Å². The Morgan fingerprint density at radius 2 is 1.40 bits per heavy atom. The van der Waals surface area contributed by atoms with Gasteiger partial charge in [0.25, 0.3) is 0 Å². The van der Waals surface area contributed by atoms with Crippen molar-refractivity contribution in [2.45, 2.75) is 50.6 Å². The normalized spacial score (nSPS) is 18.7. The van der Waals surface area contributed by atoms with Gasteiger partial charge in [-0.1, -0.05) is 78.9 Å². The molecular weight excluding hydrogens is 526 g/mol. The minimum atomic E-state index is -0.0402. The van der Waals surface area contributed by atoms with E-state index in [0.29, 0.717) is 33.0 Å². The largest absolute Gasteiger partial charge is 0.494 e. The quantitative estimate of drug-likeness (QED) is 0.155. The summed E-state index contributed by atoms with van der Waals surface area (Å²) in [6.07, 6.45) is 2.35. The average Bonchev–Trinajstić information content (AvgIpc) is 3.04. The van der Waals surface area contributed by atoms with E-state index in [1.165, 1.54) is 21.9 Å². The lowest BCUT2D eigenvalue weighted by atomic mass is 9.85. The van der Waals surface area contributed by atoms with Gasteiger partial charge < -0.3 is 29.4 Å². The third kappa shape index (κ3) is 8.87. The van der Waals surface area contributed by atoms with Crippen LogP contribution in [0.1, 0.15) is 41.9 Å². The molecule has 6 heteroatoms. The SMILES string of the molecule is OCCCCO[C@@H]1CNC[C@H](OCc2ccc3ccccc3c2)[C@@H]1c1ccc(OCCCOCc2ccccc2)cc1. The number of aliphatic hydroxyl groups is 1. The average molecular weight is 570 g/mol. The van der Waals surface area contributed by atoms with Gasteiger partial charge in [-0.15, -0.1) is 0 Å². The summed E-state index contributed by atoms with van der Waals surface area (Å²) in [6.45, 7) is 4.76. The zero-order valence-electron chi connectivity index (χ0n) is 24.3. The van der Waals surface area contributed by atoms with Gasteiger partial charge in [-0.05, 0) is 58.5 Å². The van der Waals surface area contributed by atoms with Crippen molar-refractivity contribution < 1.29 is 24.1 Å². The topological polar surface area (TPSA) is 69.2 Å². The standard InChI is InChI=1S/C36H43NO5/c38-19-6-7-21-41-34-24-37-25-35(42-27-29-13-14-30-11-4-5-12-32(30)23-29)36(34)31-15-17-33(18-16-31)40-22-8-20-39-26-28-9-2-1-3-10-28/h1-5,9-18,23,34-38H,6-8,19-22,24-27H2/t34-,35+,36-/m1/s1. The molecule has 0 radical (unpaired) electrons. The van der Waals surface area contributed by atoms with E-state index in [-0.39, 0.29) is 24.7 Å². The molecule has 1 saturated heterocycles. The van der Waals surface area contributed by atoms with Gasteiger partial charge in [0.15, 0.2) is 0 Å². The van der Waals surface area contributed by atoms with E-state index in [1.807, 2.05) is 30.3 Å². The number of ether oxygens (including phenoxy) is 4. The van der Waals surface area contributed by atoms with Gasteiger partial charge in [-0.3, -0.25) is 0 Å². The molecule has 4 aromatic rings. The minimum Gasteiger partial charge on any atom is -0.494 e. The third-order valence-electron chi connectivity index (χ3n) is 7.73. The van der Waals surface area contributed by atoms with Crippen molar-refractivity contribution in [1.82, 2.24) is 5.32 Å². The van der Waals surface area contributed by atoms with Gasteiger partial charge in [0.1, 0.15) is 5.75 Å². The highest BCUT2D eigenvalue weighted by Crippen LogP contribution is 2.32. The van der Waals surface area contributed by atoms with Crippen LogP contribution in [-0.2, 0) is 27.4 Å². The number of hydrogen-bond acceptors (Lipinski definition) is 6. The Balaban J connectivity index is 1.18. The van der Waals surface area contributed by atoms with Crippen molar-refractivity contribution in [3.63, 3.8) is 0 Å². The Morgan fingerprint density at radius 3 is 2.21 bits per heavy atom. The number of piperidine rings is 1. The van der Waals surface area contributed by atoms with Gasteiger partial charge >= 0.3 is 0 Å². The molecule has 0 spiro atoms. The number of nitrogens with one attached hydrogen (secondary N) is 1. The molecule has 1 heterocycles. The predicted octanol–water partition coefficient (Wildman–Crippen LogP) is 6.26. The molecule has 42 heavy (non-hydrogen) atoms. The lowest BCUT2D eigenvalue weighted by Crippen LogP contribution is -2.50. The van der Waals surface area contributed by atoms with Crippen LogP contribution in [0.15, 0.2) is 97.1 Å². The van der Waals surface area contributed by atoms with Crippen molar-refractivity contribution in [3.05, 3.63) is 114 Å². The van der Waals surface area contributed by atoms with Crippen LogP contribution in [0, 0.1) is 0 Å². The van der Waals surface area contributed by atoms with E-state index in [1.54, 1.807) is 0 Å². The maximum absolute atomic E-state index is 9.19. The molecule has 1 aliphatic rings. The monoisotopic (exact) mass is 569 g/mol. The Morgan fingerprint density at radius 1 is 0.643 bits per heavy atom. The van der Waals surface area contributed by atoms with Crippen molar-refractivity contribution in [2.24, 2.45) is 0 Å². The lowest BCUT2D eigenvalue weighted by Gasteiger charge is -2.39. The van der Waals surface area contributed by atoms with Gasteiger partial charge in [-0.25, -0.2) is 0 Å². The molecule has 0 unspecified atom stereocenters. The Bertz CT molecular complexity index is 1330. The lowest BCUT2D eigenvalue weighted by molar-refractivity contribution is -0.0607. The number of rotatable bonds is 16. The van der Waals surface area contributed by atoms with E-state index in [9.17, 15) is 5.11 Å². The molecule has 0 amide bonds. The molecule has 6 nitrogen and oxygen atoms in total. The second-order valence-corrected chi connectivity index (χ2v) is 10.9. The molecule has 0 bridgehead atoms. The van der Waals surface area contributed by atoms with Crippen LogP contribution in [0.3, 0.4) is 0 Å². The van der Waals surface area contributed by atoms with E-state index < -0.39 is 0 Å². The van der Waals surface area contributed by atoms with Crippen LogP contribution < -0.4 is 10.1 Å². The third-order valence-corrected chi connectivity index (χ3v) is 7.73. The Kier molecular flexibility index (Phi) is 11.8. The van der Waals surface area contributed by atoms with Crippen molar-refractivity contribution in [1.29, 1.82) is 0 Å². The summed E-state index contributed by atoms with van der Waals surface area (Å²) in [4.78, 5) is 0. The second-order valence-electron chi connectivity index (χ2n) is 10.9. The Labute approximate surface area is 249 Å². The van der Waals surface area contributed by atoms with Crippen molar-refractivity contribution >= 4 is 10.8 Å². The molecule has 222 valence electrons. The maximum Gasteiger partial charge on any atom is 0.119 e. The fourth-order valence-corrected chi connectivity index (χ4v) is 5.50. The fourth-order valence-electron chi connectivity index (χ4n) is 5.50. The summed E-state index contributed by atoms with van der Waals surface area (Å²) in [5, 5.41) is 15.2. The predicted molar refractivity (Wildman–Crippen MR) is 167 cm³/mol. The zero-order valence-corrected chi connectivity index (χ0v) is 24.3. The van der Waals surface area contributed by atoms with Crippen LogP contribution in [-0.4, -0.2) is 56.8 Å². The summed E-state index contributed by atoms with van der Waals surface area (Å²) in [6, 6.07) is 33.5. The van der Waals surface area contributed by atoms with Crippen LogP contribution in [0.25, 0.3) is 10.8 Å². The molecule has 0 saturated carbocycles. The number of aliphatic hydroxyl groups excluding tert-OH is 1. The summed E-state index contributed by atoms with van der Waals surface area (Å²) in [7, 11) is 0. The second kappa shape index (κ2) is 16.4. The molecular formula is C36H43NO5. The van der Waals surface area contributed by atoms with Gasteiger partial charge in [0.05, 0.1) is 38.6 Å². The van der Waals surface area contributed by atoms with Gasteiger partial charge in [0, 0.05) is 38.6 Å². The summed E-state index contributed by atoms with van der Waals surface area (Å²) < 4.78 is 24.7. The zero-order chi connectivity index (χ0) is 28.8. The van der Waals surface area contributed by atoms with Crippen molar-refractivity contribution in [2.75, 3.05) is 39.5 Å². The summed E-state index contributed by atoms with van der Waals surface area (Å²) >= 11 is 0. The van der Waals surface area contributed by atoms with Gasteiger partial charge in [0.2, 0.25) is 0 Å². The first-order chi connectivity index (χ1) is 20.8. The molecule has 1 aliphatic heterocycles. The summed E-state index contributed by atoms with van der Waals surface area (Å²) in [5.41, 5.74) is 3.53. The van der Waals surface area contributed by atoms with Crippen molar-refractivity contribution in [3.8, 4) is 5.75 Å². The van der Waals surface area contributed by atoms with E-state index in [4.69, 9.17) is 18.9 Å². The first-order valence-corrected chi connectivity index (χ1v) is 15.2. The first-order valence-electron chi connectivity index (χ1n) is 15.2. The minimum absolute atomic E-state index is 0.0208. The highest BCUT2D eigenvalue weighted by Gasteiger charge is 2.36. The van der Waals surface area contributed by atoms with E-state index >= 15 is 0 Å². The smallest absolute Gasteiger partial charge is 0.119 e. The highest BCUT2D eigenvalue weighted by atomic mass is 16.5.